The molecule has 0 aromatic carbocycles. The second kappa shape index (κ2) is 5.86. The van der Waals surface area contributed by atoms with Gasteiger partial charge < -0.3 is 5.11 Å². The van der Waals surface area contributed by atoms with Gasteiger partial charge >= 0.3 is 0 Å². The molecule has 0 fully saturated rings. The lowest BCUT2D eigenvalue weighted by Gasteiger charge is -2.15. The minimum atomic E-state index is -0.200. The smallest absolute Gasteiger partial charge is 0.258 e. The third-order valence-electron chi connectivity index (χ3n) is 3.25. The molecule has 0 aliphatic carbocycles. The Hall–Kier alpha value is -2.25. The van der Waals surface area contributed by atoms with Crippen LogP contribution >= 0.6 is 11.3 Å². The van der Waals surface area contributed by atoms with E-state index in [4.69, 9.17) is 0 Å². The third kappa shape index (κ3) is 3.00. The molecule has 3 aromatic rings. The number of pyridine rings is 1. The summed E-state index contributed by atoms with van der Waals surface area (Å²) in [4.78, 5) is 22.9. The van der Waals surface area contributed by atoms with Crippen LogP contribution in [0.25, 0.3) is 5.65 Å². The third-order valence-corrected chi connectivity index (χ3v) is 4.08. The van der Waals surface area contributed by atoms with E-state index in [9.17, 15) is 9.90 Å². The summed E-state index contributed by atoms with van der Waals surface area (Å²) in [6.45, 7) is 3.17. The Morgan fingerprint density at radius 2 is 2.09 bits per heavy atom. The zero-order valence-electron chi connectivity index (χ0n) is 12.4. The van der Waals surface area contributed by atoms with Crippen LogP contribution in [0.15, 0.2) is 34.6 Å². The lowest BCUT2D eigenvalue weighted by atomic mass is 10.3. The molecule has 0 aliphatic rings. The van der Waals surface area contributed by atoms with Crippen LogP contribution in [0.3, 0.4) is 0 Å². The van der Waals surface area contributed by atoms with Crippen molar-refractivity contribution in [3.05, 3.63) is 56.5 Å². The summed E-state index contributed by atoms with van der Waals surface area (Å²) >= 11 is 1.62. The molecule has 0 amide bonds. The van der Waals surface area contributed by atoms with E-state index in [1.54, 1.807) is 23.6 Å². The van der Waals surface area contributed by atoms with E-state index < -0.39 is 0 Å². The predicted octanol–water partition coefficient (Wildman–Crippen LogP) is 1.80. The van der Waals surface area contributed by atoms with E-state index in [-0.39, 0.29) is 17.0 Å². The fourth-order valence-electron chi connectivity index (χ4n) is 2.33. The number of aromatic nitrogens is 3. The van der Waals surface area contributed by atoms with Crippen molar-refractivity contribution < 1.29 is 5.11 Å². The summed E-state index contributed by atoms with van der Waals surface area (Å²) in [5.41, 5.74) is 1.71. The highest BCUT2D eigenvalue weighted by Crippen LogP contribution is 2.15. The van der Waals surface area contributed by atoms with Crippen LogP contribution in [0.1, 0.15) is 16.4 Å². The Labute approximate surface area is 131 Å². The number of rotatable bonds is 4. The average Bonchev–Trinajstić information content (AvgIpc) is 2.85. The maximum Gasteiger partial charge on any atom is 0.258 e. The van der Waals surface area contributed by atoms with Crippen LogP contribution in [-0.4, -0.2) is 31.4 Å². The highest BCUT2D eigenvalue weighted by molar-refractivity contribution is 7.09. The fourth-order valence-corrected chi connectivity index (χ4v) is 2.93. The van der Waals surface area contributed by atoms with Gasteiger partial charge in [0.25, 0.3) is 5.56 Å². The van der Waals surface area contributed by atoms with Crippen molar-refractivity contribution in [3.63, 3.8) is 0 Å². The molecule has 0 saturated carbocycles. The molecule has 0 radical (unpaired) electrons. The molecule has 0 atom stereocenters. The van der Waals surface area contributed by atoms with Gasteiger partial charge in [0.2, 0.25) is 0 Å². The van der Waals surface area contributed by atoms with Crippen molar-refractivity contribution in [1.82, 2.24) is 19.3 Å². The number of fused-ring (bicyclic) bond motifs is 1. The topological polar surface area (TPSA) is 70.7 Å². The Morgan fingerprint density at radius 1 is 1.32 bits per heavy atom. The molecule has 0 aliphatic heterocycles. The van der Waals surface area contributed by atoms with Crippen LogP contribution < -0.4 is 5.56 Å². The summed E-state index contributed by atoms with van der Waals surface area (Å²) < 4.78 is 1.34. The van der Waals surface area contributed by atoms with Gasteiger partial charge in [0.15, 0.2) is 11.4 Å². The van der Waals surface area contributed by atoms with E-state index in [1.807, 2.05) is 24.3 Å². The number of aryl methyl sites for hydroxylation is 1. The van der Waals surface area contributed by atoms with Gasteiger partial charge in [-0.05, 0) is 26.1 Å². The molecule has 0 bridgehead atoms. The van der Waals surface area contributed by atoms with Crippen molar-refractivity contribution in [2.45, 2.75) is 20.0 Å². The molecule has 0 saturated heterocycles. The monoisotopic (exact) mass is 316 g/mol. The van der Waals surface area contributed by atoms with Crippen LogP contribution in [0.5, 0.6) is 5.75 Å². The molecular formula is C15H16N4O2S. The fraction of sp³-hybridized carbons (Fsp3) is 0.267. The lowest BCUT2D eigenvalue weighted by molar-refractivity contribution is 0.311. The minimum absolute atomic E-state index is 0.000714. The number of nitrogens with zero attached hydrogens (tertiary/aromatic N) is 4. The van der Waals surface area contributed by atoms with Crippen LogP contribution in [0.2, 0.25) is 0 Å². The van der Waals surface area contributed by atoms with Gasteiger partial charge in [0, 0.05) is 30.7 Å². The molecule has 7 heteroatoms. The highest BCUT2D eigenvalue weighted by Gasteiger charge is 2.09. The van der Waals surface area contributed by atoms with E-state index in [1.165, 1.54) is 16.5 Å². The molecule has 0 unspecified atom stereocenters. The zero-order valence-corrected chi connectivity index (χ0v) is 13.2. The second-order valence-electron chi connectivity index (χ2n) is 5.20. The van der Waals surface area contributed by atoms with Crippen LogP contribution in [0.4, 0.5) is 0 Å². The molecular weight excluding hydrogens is 300 g/mol. The van der Waals surface area contributed by atoms with E-state index in [0.717, 1.165) is 10.7 Å². The molecule has 0 spiro atoms. The van der Waals surface area contributed by atoms with E-state index >= 15 is 0 Å². The largest absolute Gasteiger partial charge is 0.504 e. The summed E-state index contributed by atoms with van der Waals surface area (Å²) in [5.74, 6) is -0.000714. The highest BCUT2D eigenvalue weighted by atomic mass is 32.1. The van der Waals surface area contributed by atoms with Crippen LogP contribution in [-0.2, 0) is 13.1 Å². The van der Waals surface area contributed by atoms with Gasteiger partial charge in [0.1, 0.15) is 0 Å². The SMILES string of the molecule is Cc1nc(CN(C)Cc2cc(=O)n3cccc(O)c3n2)cs1. The first-order valence-electron chi connectivity index (χ1n) is 6.83. The predicted molar refractivity (Wildman–Crippen MR) is 85.1 cm³/mol. The van der Waals surface area contributed by atoms with E-state index in [2.05, 4.69) is 9.97 Å². The first kappa shape index (κ1) is 14.7. The summed E-state index contributed by atoms with van der Waals surface area (Å²) in [6, 6.07) is 4.63. The summed E-state index contributed by atoms with van der Waals surface area (Å²) in [5, 5.41) is 12.9. The van der Waals surface area contributed by atoms with Gasteiger partial charge in [0.05, 0.1) is 16.4 Å². The van der Waals surface area contributed by atoms with Crippen molar-refractivity contribution >= 4 is 17.0 Å². The summed E-state index contributed by atoms with van der Waals surface area (Å²) in [7, 11) is 1.95. The molecule has 114 valence electrons. The van der Waals surface area contributed by atoms with Crippen molar-refractivity contribution in [2.24, 2.45) is 0 Å². The lowest BCUT2D eigenvalue weighted by Crippen LogP contribution is -2.22. The maximum absolute atomic E-state index is 12.1. The second-order valence-corrected chi connectivity index (χ2v) is 6.27. The zero-order chi connectivity index (χ0) is 15.7. The molecule has 3 heterocycles. The van der Waals surface area contributed by atoms with Crippen LogP contribution in [0, 0.1) is 6.92 Å². The van der Waals surface area contributed by atoms with Gasteiger partial charge in [-0.25, -0.2) is 9.97 Å². The van der Waals surface area contributed by atoms with Crippen molar-refractivity contribution in [3.8, 4) is 5.75 Å². The Morgan fingerprint density at radius 3 is 2.82 bits per heavy atom. The molecule has 22 heavy (non-hydrogen) atoms. The first-order valence-corrected chi connectivity index (χ1v) is 7.71. The van der Waals surface area contributed by atoms with Gasteiger partial charge in [-0.15, -0.1) is 11.3 Å². The van der Waals surface area contributed by atoms with E-state index in [0.29, 0.717) is 18.8 Å². The Bertz CT molecular complexity index is 871. The van der Waals surface area contributed by atoms with Gasteiger partial charge in [-0.3, -0.25) is 14.1 Å². The van der Waals surface area contributed by atoms with Crippen molar-refractivity contribution in [1.29, 1.82) is 0 Å². The summed E-state index contributed by atoms with van der Waals surface area (Å²) in [6.07, 6.45) is 1.59. The van der Waals surface area contributed by atoms with Gasteiger partial charge in [-0.2, -0.15) is 0 Å². The maximum atomic E-state index is 12.1. The Kier molecular flexibility index (Phi) is 3.91. The van der Waals surface area contributed by atoms with Gasteiger partial charge in [-0.1, -0.05) is 0 Å². The first-order chi connectivity index (χ1) is 10.5. The molecule has 1 N–H and O–H groups in total. The quantitative estimate of drug-likeness (QED) is 0.795. The van der Waals surface area contributed by atoms with Crippen molar-refractivity contribution in [2.75, 3.05) is 7.05 Å². The molecule has 6 nitrogen and oxygen atoms in total. The minimum Gasteiger partial charge on any atom is -0.504 e. The number of hydrogen-bond donors (Lipinski definition) is 1. The molecule has 3 aromatic heterocycles. The number of aromatic hydroxyl groups is 1. The molecule has 3 rings (SSSR count). The number of thiazole rings is 1. The standard InChI is InChI=1S/C15H16N4O2S/c1-10-16-12(9-22-10)8-18(2)7-11-6-14(21)19-5-3-4-13(20)15(19)17-11/h3-6,9,20H,7-8H2,1-2H3. The Balaban J connectivity index is 1.84. The average molecular weight is 316 g/mol. The number of hydrogen-bond acceptors (Lipinski definition) is 6. The normalized spacial score (nSPS) is 11.4.